The van der Waals surface area contributed by atoms with Gasteiger partial charge in [0.05, 0.1) is 0 Å². The minimum atomic E-state index is 0.697. The maximum Gasteiger partial charge on any atom is -0.0173 e. The fourth-order valence-corrected chi connectivity index (χ4v) is 2.24. The Morgan fingerprint density at radius 1 is 1.17 bits per heavy atom. The van der Waals surface area contributed by atoms with E-state index in [2.05, 4.69) is 19.2 Å². The van der Waals surface area contributed by atoms with Gasteiger partial charge in [-0.1, -0.05) is 31.4 Å². The molecule has 0 heteroatoms. The van der Waals surface area contributed by atoms with Gasteiger partial charge in [-0.3, -0.25) is 0 Å². The van der Waals surface area contributed by atoms with Gasteiger partial charge >= 0.3 is 0 Å². The van der Waals surface area contributed by atoms with Crippen molar-refractivity contribution in [1.82, 2.24) is 0 Å². The van der Waals surface area contributed by atoms with E-state index < -0.39 is 0 Å². The fourth-order valence-electron chi connectivity index (χ4n) is 2.24. The van der Waals surface area contributed by atoms with Gasteiger partial charge < -0.3 is 0 Å². The van der Waals surface area contributed by atoms with Gasteiger partial charge in [0.25, 0.3) is 0 Å². The Kier molecular flexibility index (Phi) is 4.13. The van der Waals surface area contributed by atoms with Crippen LogP contribution in [0.25, 0.3) is 0 Å². The van der Waals surface area contributed by atoms with Crippen molar-refractivity contribution < 1.29 is 0 Å². The van der Waals surface area contributed by atoms with Crippen molar-refractivity contribution in [3.05, 3.63) is 25.3 Å². The Balaban J connectivity index is 2.39. The minimum Gasteiger partial charge on any atom is -0.103 e. The van der Waals surface area contributed by atoms with Crippen LogP contribution in [0.1, 0.15) is 38.5 Å². The van der Waals surface area contributed by atoms with Gasteiger partial charge in [-0.05, 0) is 31.1 Å². The van der Waals surface area contributed by atoms with Gasteiger partial charge in [0.1, 0.15) is 0 Å². The summed E-state index contributed by atoms with van der Waals surface area (Å²) in [6, 6.07) is 0. The molecule has 0 amide bonds. The molecule has 1 fully saturated rings. The first-order valence-electron chi connectivity index (χ1n) is 5.12. The van der Waals surface area contributed by atoms with Crippen LogP contribution >= 0.6 is 0 Å². The maximum atomic E-state index is 3.91. The highest BCUT2D eigenvalue weighted by Crippen LogP contribution is 2.32. The quantitative estimate of drug-likeness (QED) is 0.552. The second-order valence-electron chi connectivity index (χ2n) is 3.82. The molecule has 0 N–H and O–H groups in total. The lowest BCUT2D eigenvalue weighted by atomic mass is 9.79. The number of allylic oxidation sites excluding steroid dienone is 2. The molecule has 0 aromatic rings. The minimum absolute atomic E-state index is 0.697. The van der Waals surface area contributed by atoms with E-state index in [1.165, 1.54) is 32.1 Å². The Hall–Kier alpha value is -0.520. The zero-order valence-corrected chi connectivity index (χ0v) is 7.97. The molecule has 0 spiro atoms. The summed E-state index contributed by atoms with van der Waals surface area (Å²) in [4.78, 5) is 0. The molecule has 1 aliphatic rings. The molecule has 1 saturated carbocycles. The van der Waals surface area contributed by atoms with Crippen molar-refractivity contribution in [2.24, 2.45) is 11.8 Å². The third-order valence-electron chi connectivity index (χ3n) is 3.00. The van der Waals surface area contributed by atoms with E-state index in [0.29, 0.717) is 5.92 Å². The van der Waals surface area contributed by atoms with Crippen LogP contribution in [0.4, 0.5) is 0 Å². The first-order chi connectivity index (χ1) is 5.88. The highest BCUT2D eigenvalue weighted by molar-refractivity contribution is 4.90. The lowest BCUT2D eigenvalue weighted by Gasteiger charge is -2.27. The van der Waals surface area contributed by atoms with Crippen molar-refractivity contribution in [2.45, 2.75) is 38.5 Å². The van der Waals surface area contributed by atoms with E-state index in [9.17, 15) is 0 Å². The Morgan fingerprint density at radius 2 is 1.83 bits per heavy atom. The molecule has 0 radical (unpaired) electrons. The number of hydrogen-bond acceptors (Lipinski definition) is 0. The van der Waals surface area contributed by atoms with E-state index >= 15 is 0 Å². The lowest BCUT2D eigenvalue weighted by Crippen LogP contribution is -2.15. The molecule has 12 heavy (non-hydrogen) atoms. The summed E-state index contributed by atoms with van der Waals surface area (Å²) in [5, 5.41) is 0. The maximum absolute atomic E-state index is 3.91. The first kappa shape index (κ1) is 9.57. The van der Waals surface area contributed by atoms with Crippen LogP contribution in [0.15, 0.2) is 25.3 Å². The van der Waals surface area contributed by atoms with Gasteiger partial charge in [-0.2, -0.15) is 0 Å². The van der Waals surface area contributed by atoms with Gasteiger partial charge in [-0.15, -0.1) is 13.2 Å². The number of hydrogen-bond donors (Lipinski definition) is 0. The zero-order chi connectivity index (χ0) is 8.81. The van der Waals surface area contributed by atoms with E-state index in [1.807, 2.05) is 6.08 Å². The topological polar surface area (TPSA) is 0 Å². The largest absolute Gasteiger partial charge is 0.103 e. The molecule has 0 bridgehead atoms. The Morgan fingerprint density at radius 3 is 2.33 bits per heavy atom. The average Bonchev–Trinajstić information content (AvgIpc) is 2.15. The summed E-state index contributed by atoms with van der Waals surface area (Å²) in [5.74, 6) is 1.59. The molecule has 0 aliphatic heterocycles. The molecule has 1 atom stereocenters. The predicted molar refractivity (Wildman–Crippen MR) is 55.1 cm³/mol. The van der Waals surface area contributed by atoms with Crippen molar-refractivity contribution in [3.8, 4) is 0 Å². The molecule has 0 aromatic carbocycles. The summed E-state index contributed by atoms with van der Waals surface area (Å²) < 4.78 is 0. The third-order valence-corrected chi connectivity index (χ3v) is 3.00. The van der Waals surface area contributed by atoms with Crippen LogP contribution in [0.3, 0.4) is 0 Å². The lowest BCUT2D eigenvalue weighted by molar-refractivity contribution is 0.287. The van der Waals surface area contributed by atoms with Crippen molar-refractivity contribution in [1.29, 1.82) is 0 Å². The second-order valence-corrected chi connectivity index (χ2v) is 3.82. The standard InChI is InChI=1S/C12H20/c1-3-8-11(4-2)12-9-6-5-7-10-12/h3-4,11-12H,1-2,5-10H2/t11-/m0/s1. The fraction of sp³-hybridized carbons (Fsp3) is 0.667. The molecule has 0 saturated heterocycles. The normalized spacial score (nSPS) is 21.7. The number of rotatable bonds is 4. The molecular formula is C12H20. The summed E-state index contributed by atoms with van der Waals surface area (Å²) in [5.41, 5.74) is 0. The Labute approximate surface area is 76.4 Å². The monoisotopic (exact) mass is 164 g/mol. The zero-order valence-electron chi connectivity index (χ0n) is 7.97. The molecule has 1 rings (SSSR count). The van der Waals surface area contributed by atoms with Gasteiger partial charge in [0, 0.05) is 0 Å². The molecule has 68 valence electrons. The van der Waals surface area contributed by atoms with E-state index in [1.54, 1.807) is 0 Å². The SMILES string of the molecule is C=CC[C@H](C=C)C1CCCCC1. The first-order valence-corrected chi connectivity index (χ1v) is 5.12. The van der Waals surface area contributed by atoms with E-state index in [-0.39, 0.29) is 0 Å². The third kappa shape index (κ3) is 2.51. The van der Waals surface area contributed by atoms with Crippen LogP contribution in [0, 0.1) is 11.8 Å². The van der Waals surface area contributed by atoms with E-state index in [0.717, 1.165) is 12.3 Å². The van der Waals surface area contributed by atoms with Crippen LogP contribution in [0.5, 0.6) is 0 Å². The summed E-state index contributed by atoms with van der Waals surface area (Å²) in [6.45, 7) is 7.70. The summed E-state index contributed by atoms with van der Waals surface area (Å²) in [6.07, 6.45) is 12.4. The highest BCUT2D eigenvalue weighted by Gasteiger charge is 2.19. The molecule has 0 unspecified atom stereocenters. The molecule has 0 heterocycles. The predicted octanol–water partition coefficient (Wildman–Crippen LogP) is 3.95. The van der Waals surface area contributed by atoms with Crippen molar-refractivity contribution in [2.75, 3.05) is 0 Å². The van der Waals surface area contributed by atoms with Crippen LogP contribution in [-0.2, 0) is 0 Å². The summed E-state index contributed by atoms with van der Waals surface area (Å²) in [7, 11) is 0. The molecular weight excluding hydrogens is 144 g/mol. The van der Waals surface area contributed by atoms with Crippen LogP contribution in [0.2, 0.25) is 0 Å². The highest BCUT2D eigenvalue weighted by atomic mass is 14.2. The Bertz CT molecular complexity index is 140. The van der Waals surface area contributed by atoms with Gasteiger partial charge in [0.2, 0.25) is 0 Å². The molecule has 0 nitrogen and oxygen atoms in total. The van der Waals surface area contributed by atoms with E-state index in [4.69, 9.17) is 0 Å². The molecule has 1 aliphatic carbocycles. The van der Waals surface area contributed by atoms with Crippen LogP contribution < -0.4 is 0 Å². The van der Waals surface area contributed by atoms with Crippen molar-refractivity contribution >= 4 is 0 Å². The van der Waals surface area contributed by atoms with Crippen LogP contribution in [-0.4, -0.2) is 0 Å². The summed E-state index contributed by atoms with van der Waals surface area (Å²) >= 11 is 0. The van der Waals surface area contributed by atoms with Gasteiger partial charge in [-0.25, -0.2) is 0 Å². The smallest absolute Gasteiger partial charge is 0.0173 e. The van der Waals surface area contributed by atoms with Crippen molar-refractivity contribution in [3.63, 3.8) is 0 Å². The average molecular weight is 164 g/mol. The second kappa shape index (κ2) is 5.18. The van der Waals surface area contributed by atoms with Gasteiger partial charge in [0.15, 0.2) is 0 Å². The molecule has 0 aromatic heterocycles.